The highest BCUT2D eigenvalue weighted by molar-refractivity contribution is 7.89. The summed E-state index contributed by atoms with van der Waals surface area (Å²) in [5.74, 6) is 0.456. The van der Waals surface area contributed by atoms with Gasteiger partial charge in [-0.3, -0.25) is 4.98 Å². The van der Waals surface area contributed by atoms with Crippen LogP contribution in [0.4, 0.5) is 18.9 Å². The highest BCUT2D eigenvalue weighted by Gasteiger charge is 2.37. The van der Waals surface area contributed by atoms with Crippen LogP contribution in [0.15, 0.2) is 75.4 Å². The van der Waals surface area contributed by atoms with E-state index in [9.17, 15) is 26.7 Å². The number of allylic oxidation sites excluding steroid dienone is 2. The summed E-state index contributed by atoms with van der Waals surface area (Å²) < 4.78 is 68.3. The van der Waals surface area contributed by atoms with E-state index in [0.29, 0.717) is 24.5 Å². The number of sulfonamides is 1. The number of alkyl halides is 3. The highest BCUT2D eigenvalue weighted by Crippen LogP contribution is 2.36. The summed E-state index contributed by atoms with van der Waals surface area (Å²) in [5, 5.41) is 12.8. The predicted molar refractivity (Wildman–Crippen MR) is 141 cm³/mol. The minimum Gasteiger partial charge on any atom is -0.388 e. The van der Waals surface area contributed by atoms with Gasteiger partial charge in [0.2, 0.25) is 10.0 Å². The maximum absolute atomic E-state index is 13.6. The molecule has 1 saturated heterocycles. The van der Waals surface area contributed by atoms with E-state index < -0.39 is 34.4 Å². The summed E-state index contributed by atoms with van der Waals surface area (Å²) in [6.07, 6.45) is 2.48. The Morgan fingerprint density at radius 1 is 1.13 bits per heavy atom. The molecule has 1 aromatic carbocycles. The van der Waals surface area contributed by atoms with Crippen LogP contribution in [0.3, 0.4) is 0 Å². The second-order valence-electron chi connectivity index (χ2n) is 9.42. The number of nitrogens with one attached hydrogen (secondary N) is 1. The number of aromatic nitrogens is 1. The van der Waals surface area contributed by atoms with Crippen LogP contribution < -0.4 is 5.32 Å². The molecule has 3 aliphatic heterocycles. The lowest BCUT2D eigenvalue weighted by molar-refractivity contribution is -0.138. The lowest BCUT2D eigenvalue weighted by Gasteiger charge is -2.36. The predicted octanol–water partition coefficient (Wildman–Crippen LogP) is 3.54. The number of aliphatic hydroxyl groups excluding tert-OH is 1. The molecule has 5 rings (SSSR count). The number of aliphatic imine (C=N–C) groups is 2. The summed E-state index contributed by atoms with van der Waals surface area (Å²) in [7, 11) is -1.92. The van der Waals surface area contributed by atoms with Crippen molar-refractivity contribution < 1.29 is 26.7 Å². The van der Waals surface area contributed by atoms with Crippen LogP contribution in [-0.4, -0.2) is 72.2 Å². The molecule has 0 bridgehead atoms. The van der Waals surface area contributed by atoms with Crippen molar-refractivity contribution in [3.63, 3.8) is 0 Å². The fourth-order valence-electron chi connectivity index (χ4n) is 4.85. The molecule has 3 aliphatic rings. The van der Waals surface area contributed by atoms with E-state index in [4.69, 9.17) is 0 Å². The summed E-state index contributed by atoms with van der Waals surface area (Å²) in [6.45, 7) is 0.551. The molecule has 1 atom stereocenters. The third-order valence-electron chi connectivity index (χ3n) is 6.71. The topological polar surface area (TPSA) is 110 Å². The van der Waals surface area contributed by atoms with E-state index in [0.717, 1.165) is 25.3 Å². The fraction of sp³-hybridized carbons (Fsp3) is 0.346. The quantitative estimate of drug-likeness (QED) is 0.579. The van der Waals surface area contributed by atoms with E-state index in [2.05, 4.69) is 20.3 Å². The number of pyridine rings is 1. The zero-order valence-electron chi connectivity index (χ0n) is 21.1. The molecule has 2 aromatic rings. The third kappa shape index (κ3) is 5.47. The maximum atomic E-state index is 13.6. The number of likely N-dealkylation sites (N-methyl/N-ethyl adjacent to an activating group) is 1. The normalized spacial score (nSPS) is 21.6. The van der Waals surface area contributed by atoms with Crippen molar-refractivity contribution in [2.24, 2.45) is 9.98 Å². The molecule has 4 heterocycles. The van der Waals surface area contributed by atoms with Gasteiger partial charge >= 0.3 is 6.18 Å². The van der Waals surface area contributed by atoms with Gasteiger partial charge in [0.15, 0.2) is 5.84 Å². The molecule has 0 radical (unpaired) electrons. The maximum Gasteiger partial charge on any atom is 0.418 e. The summed E-state index contributed by atoms with van der Waals surface area (Å²) in [5.41, 5.74) is 0.0601. The average Bonchev–Trinajstić information content (AvgIpc) is 2.93. The van der Waals surface area contributed by atoms with Crippen LogP contribution >= 0.6 is 0 Å². The molecule has 0 amide bonds. The lowest BCUT2D eigenvalue weighted by Crippen LogP contribution is -2.49. The van der Waals surface area contributed by atoms with E-state index in [-0.39, 0.29) is 27.8 Å². The van der Waals surface area contributed by atoms with Crippen molar-refractivity contribution in [2.75, 3.05) is 26.7 Å². The van der Waals surface area contributed by atoms with Crippen molar-refractivity contribution in [1.29, 1.82) is 0 Å². The van der Waals surface area contributed by atoms with Crippen molar-refractivity contribution in [3.8, 4) is 0 Å². The van der Waals surface area contributed by atoms with Gasteiger partial charge in [-0.2, -0.15) is 17.5 Å². The first-order valence-electron chi connectivity index (χ1n) is 12.4. The van der Waals surface area contributed by atoms with Gasteiger partial charge in [0, 0.05) is 43.8 Å². The molecule has 13 heteroatoms. The Morgan fingerprint density at radius 2 is 1.85 bits per heavy atom. The number of nitrogens with zero attached hydrogens (tertiary/aromatic N) is 5. The van der Waals surface area contributed by atoms with Crippen molar-refractivity contribution >= 4 is 33.0 Å². The van der Waals surface area contributed by atoms with Crippen molar-refractivity contribution in [3.05, 3.63) is 71.8 Å². The number of piperidine rings is 1. The molecule has 0 spiro atoms. The van der Waals surface area contributed by atoms with Crippen LogP contribution in [0.2, 0.25) is 0 Å². The first-order chi connectivity index (χ1) is 18.6. The number of hydrogen-bond acceptors (Lipinski definition) is 7. The van der Waals surface area contributed by atoms with Crippen LogP contribution in [0, 0.1) is 0 Å². The van der Waals surface area contributed by atoms with Gasteiger partial charge in [-0.1, -0.05) is 6.42 Å². The molecular weight excluding hydrogens is 533 g/mol. The molecular formula is C26H27F3N6O3S. The number of rotatable bonds is 5. The Bertz CT molecular complexity index is 1480. The Morgan fingerprint density at radius 3 is 2.51 bits per heavy atom. The van der Waals surface area contributed by atoms with Gasteiger partial charge in [-0.15, -0.1) is 0 Å². The molecule has 1 aromatic heterocycles. The van der Waals surface area contributed by atoms with Crippen molar-refractivity contribution in [2.45, 2.75) is 36.4 Å². The number of amidine groups is 2. The van der Waals surface area contributed by atoms with Crippen LogP contribution in [0.25, 0.3) is 5.57 Å². The Labute approximate surface area is 224 Å². The van der Waals surface area contributed by atoms with Crippen molar-refractivity contribution in [1.82, 2.24) is 19.5 Å². The number of fused-ring (bicyclic) bond motifs is 1. The first-order valence-corrected chi connectivity index (χ1v) is 13.8. The lowest BCUT2D eigenvalue weighted by atomic mass is 9.98. The molecule has 0 aliphatic carbocycles. The Hall–Kier alpha value is -3.55. The standard InChI is InChI=1S/C26H27F3N6O3S/c1-34-15-17(23-20(26(27,28)29)6-5-11-30-23)14-21-24(34)25(33-22(16-36)32-21)31-18-7-9-19(10-8-18)39(37,38)35-12-3-2-4-13-35/h5-11,14-15,24,36H,2-4,12-13,16H2,1H3,(H,31,32,33). The number of aliphatic hydroxyl groups is 1. The molecule has 39 heavy (non-hydrogen) atoms. The first kappa shape index (κ1) is 27.0. The number of halogens is 3. The van der Waals surface area contributed by atoms with Gasteiger partial charge in [-0.25, -0.2) is 18.4 Å². The summed E-state index contributed by atoms with van der Waals surface area (Å²) in [4.78, 5) is 14.8. The smallest absolute Gasteiger partial charge is 0.388 e. The second-order valence-corrected chi connectivity index (χ2v) is 11.4. The van der Waals surface area contributed by atoms with Gasteiger partial charge in [0.05, 0.1) is 21.8 Å². The van der Waals surface area contributed by atoms with Gasteiger partial charge < -0.3 is 15.3 Å². The summed E-state index contributed by atoms with van der Waals surface area (Å²) in [6, 6.07) is 7.79. The molecule has 206 valence electrons. The largest absolute Gasteiger partial charge is 0.418 e. The Kier molecular flexibility index (Phi) is 7.31. The molecule has 0 saturated carbocycles. The third-order valence-corrected chi connectivity index (χ3v) is 8.62. The second kappa shape index (κ2) is 10.5. The number of hydrogen-bond donors (Lipinski definition) is 2. The fourth-order valence-corrected chi connectivity index (χ4v) is 6.37. The SMILES string of the molecule is CN1C=C(c2ncccc2C(F)(F)F)C=C2NC(CO)=NC(=Nc3ccc(S(=O)(=O)N4CCCCC4)cc3)C21. The molecule has 2 N–H and O–H groups in total. The van der Waals surface area contributed by atoms with Crippen LogP contribution in [-0.2, 0) is 16.2 Å². The summed E-state index contributed by atoms with van der Waals surface area (Å²) >= 11 is 0. The van der Waals surface area contributed by atoms with Crippen LogP contribution in [0.1, 0.15) is 30.5 Å². The number of benzene rings is 1. The van der Waals surface area contributed by atoms with E-state index in [1.165, 1.54) is 41.0 Å². The minimum atomic E-state index is -4.59. The zero-order valence-corrected chi connectivity index (χ0v) is 21.9. The highest BCUT2D eigenvalue weighted by atomic mass is 32.2. The van der Waals surface area contributed by atoms with E-state index in [1.54, 1.807) is 24.1 Å². The molecule has 9 nitrogen and oxygen atoms in total. The Balaban J connectivity index is 1.47. The van der Waals surface area contributed by atoms with Gasteiger partial charge in [0.1, 0.15) is 18.5 Å². The molecule has 1 unspecified atom stereocenters. The van der Waals surface area contributed by atoms with E-state index >= 15 is 0 Å². The average molecular weight is 561 g/mol. The zero-order chi connectivity index (χ0) is 27.8. The van der Waals surface area contributed by atoms with Crippen LogP contribution in [0.5, 0.6) is 0 Å². The minimum absolute atomic E-state index is 0.173. The van der Waals surface area contributed by atoms with Gasteiger partial charge in [-0.05, 0) is 55.3 Å². The monoisotopic (exact) mass is 560 g/mol. The van der Waals surface area contributed by atoms with E-state index in [1.807, 2.05) is 0 Å². The molecule has 1 fully saturated rings. The van der Waals surface area contributed by atoms with Gasteiger partial charge in [0.25, 0.3) is 0 Å².